The van der Waals surface area contributed by atoms with Gasteiger partial charge in [-0.15, -0.1) is 11.3 Å². The highest BCUT2D eigenvalue weighted by molar-refractivity contribution is 7.15. The topological polar surface area (TPSA) is 54.5 Å². The van der Waals surface area contributed by atoms with Gasteiger partial charge >= 0.3 is 0 Å². The Hall–Kier alpha value is -1.83. The van der Waals surface area contributed by atoms with Gasteiger partial charge in [-0.2, -0.15) is 0 Å². The highest BCUT2D eigenvalue weighted by Gasteiger charge is 2.23. The number of nitrogens with one attached hydrogen (secondary N) is 1. The Labute approximate surface area is 150 Å². The van der Waals surface area contributed by atoms with Gasteiger partial charge in [0, 0.05) is 43.1 Å². The van der Waals surface area contributed by atoms with Crippen LogP contribution < -0.4 is 5.32 Å². The lowest BCUT2D eigenvalue weighted by molar-refractivity contribution is -0.123. The summed E-state index contributed by atoms with van der Waals surface area (Å²) in [6.45, 7) is 4.21. The minimum absolute atomic E-state index is 0.00563. The second-order valence-electron chi connectivity index (χ2n) is 6.25. The van der Waals surface area contributed by atoms with Crippen molar-refractivity contribution in [2.24, 2.45) is 0 Å². The average Bonchev–Trinajstić information content (AvgIpc) is 2.98. The molecule has 2 aromatic rings. The Kier molecular flexibility index (Phi) is 5.78. The van der Waals surface area contributed by atoms with Crippen molar-refractivity contribution in [2.45, 2.75) is 25.9 Å². The van der Waals surface area contributed by atoms with Gasteiger partial charge in [-0.05, 0) is 19.1 Å². The molecule has 25 heavy (non-hydrogen) atoms. The maximum Gasteiger partial charge on any atom is 0.234 e. The van der Waals surface area contributed by atoms with Crippen LogP contribution in [-0.4, -0.2) is 48.6 Å². The molecule has 7 heteroatoms. The molecule has 5 nitrogen and oxygen atoms in total. The van der Waals surface area contributed by atoms with E-state index in [-0.39, 0.29) is 17.8 Å². The SMILES string of the molecule is COC[C@@H](C)NC(=O)CN1CCc2nc(-c3ccccc3F)sc2C1. The van der Waals surface area contributed by atoms with Crippen LogP contribution in [0.4, 0.5) is 4.39 Å². The Balaban J connectivity index is 1.64. The number of ether oxygens (including phenoxy) is 1. The summed E-state index contributed by atoms with van der Waals surface area (Å²) in [5.41, 5.74) is 1.56. The Morgan fingerprint density at radius 1 is 1.48 bits per heavy atom. The summed E-state index contributed by atoms with van der Waals surface area (Å²) in [6.07, 6.45) is 0.779. The fraction of sp³-hybridized carbons (Fsp3) is 0.444. The molecule has 1 aliphatic heterocycles. The number of benzene rings is 1. The third-order valence-electron chi connectivity index (χ3n) is 4.11. The van der Waals surface area contributed by atoms with Gasteiger partial charge in [-0.1, -0.05) is 12.1 Å². The minimum atomic E-state index is -0.253. The van der Waals surface area contributed by atoms with Crippen molar-refractivity contribution in [3.05, 3.63) is 40.7 Å². The smallest absolute Gasteiger partial charge is 0.234 e. The first-order valence-corrected chi connectivity index (χ1v) is 9.12. The molecule has 1 N–H and O–H groups in total. The maximum atomic E-state index is 14.0. The zero-order valence-electron chi connectivity index (χ0n) is 14.4. The molecule has 134 valence electrons. The molecule has 0 saturated carbocycles. The number of methoxy groups -OCH3 is 1. The van der Waals surface area contributed by atoms with E-state index in [4.69, 9.17) is 4.74 Å². The number of aromatic nitrogens is 1. The third-order valence-corrected chi connectivity index (χ3v) is 5.22. The van der Waals surface area contributed by atoms with E-state index in [1.165, 1.54) is 17.4 Å². The van der Waals surface area contributed by atoms with E-state index in [1.54, 1.807) is 19.2 Å². The fourth-order valence-electron chi connectivity index (χ4n) is 2.95. The Morgan fingerprint density at radius 3 is 3.04 bits per heavy atom. The van der Waals surface area contributed by atoms with Gasteiger partial charge in [-0.3, -0.25) is 9.69 Å². The summed E-state index contributed by atoms with van der Waals surface area (Å²) in [6, 6.07) is 6.69. The highest BCUT2D eigenvalue weighted by Crippen LogP contribution is 2.32. The number of carbonyl (C=O) groups is 1. The molecule has 1 amide bonds. The molecule has 1 aromatic heterocycles. The number of carbonyl (C=O) groups excluding carboxylic acids is 1. The second-order valence-corrected chi connectivity index (χ2v) is 7.34. The first-order chi connectivity index (χ1) is 12.1. The Morgan fingerprint density at radius 2 is 2.28 bits per heavy atom. The van der Waals surface area contributed by atoms with Crippen molar-refractivity contribution in [1.82, 2.24) is 15.2 Å². The van der Waals surface area contributed by atoms with Crippen molar-refractivity contribution >= 4 is 17.2 Å². The van der Waals surface area contributed by atoms with Crippen molar-refractivity contribution in [3.8, 4) is 10.6 Å². The van der Waals surface area contributed by atoms with Crippen LogP contribution in [0.1, 0.15) is 17.5 Å². The van der Waals surface area contributed by atoms with Gasteiger partial charge < -0.3 is 10.1 Å². The quantitative estimate of drug-likeness (QED) is 0.857. The summed E-state index contributed by atoms with van der Waals surface area (Å²) in [7, 11) is 1.62. The molecule has 0 spiro atoms. The molecule has 2 heterocycles. The van der Waals surface area contributed by atoms with Crippen LogP contribution >= 0.6 is 11.3 Å². The van der Waals surface area contributed by atoms with Crippen LogP contribution in [0.25, 0.3) is 10.6 Å². The van der Waals surface area contributed by atoms with E-state index >= 15 is 0 Å². The minimum Gasteiger partial charge on any atom is -0.383 e. The lowest BCUT2D eigenvalue weighted by atomic mass is 10.1. The van der Waals surface area contributed by atoms with E-state index in [0.29, 0.717) is 30.3 Å². The van der Waals surface area contributed by atoms with Crippen LogP contribution in [0, 0.1) is 5.82 Å². The number of amides is 1. The van der Waals surface area contributed by atoms with Gasteiger partial charge in [0.05, 0.1) is 18.8 Å². The molecule has 1 aromatic carbocycles. The van der Waals surface area contributed by atoms with Crippen LogP contribution in [0.15, 0.2) is 24.3 Å². The summed E-state index contributed by atoms with van der Waals surface area (Å²) in [5, 5.41) is 3.63. The maximum absolute atomic E-state index is 14.0. The van der Waals surface area contributed by atoms with Crippen LogP contribution in [-0.2, 0) is 22.5 Å². The van der Waals surface area contributed by atoms with Crippen molar-refractivity contribution in [3.63, 3.8) is 0 Å². The van der Waals surface area contributed by atoms with Gasteiger partial charge in [0.1, 0.15) is 10.8 Å². The van der Waals surface area contributed by atoms with Gasteiger partial charge in [0.2, 0.25) is 5.91 Å². The third kappa shape index (κ3) is 4.42. The second kappa shape index (κ2) is 8.03. The number of thiazole rings is 1. The lowest BCUT2D eigenvalue weighted by Gasteiger charge is -2.25. The summed E-state index contributed by atoms with van der Waals surface area (Å²) >= 11 is 1.51. The molecule has 1 aliphatic rings. The predicted molar refractivity (Wildman–Crippen MR) is 96.0 cm³/mol. The molecule has 0 aliphatic carbocycles. The van der Waals surface area contributed by atoms with E-state index in [1.807, 2.05) is 13.0 Å². The summed E-state index contributed by atoms with van der Waals surface area (Å²) < 4.78 is 19.0. The molecular formula is C18H22FN3O2S. The van der Waals surface area contributed by atoms with E-state index < -0.39 is 0 Å². The molecule has 3 rings (SSSR count). The number of hydrogen-bond donors (Lipinski definition) is 1. The summed E-state index contributed by atoms with van der Waals surface area (Å²) in [4.78, 5) is 19.9. The molecule has 0 radical (unpaired) electrons. The fourth-order valence-corrected chi connectivity index (χ4v) is 4.13. The van der Waals surface area contributed by atoms with Gasteiger partial charge in [0.15, 0.2) is 0 Å². The lowest BCUT2D eigenvalue weighted by Crippen LogP contribution is -2.43. The number of halogens is 1. The Bertz CT molecular complexity index is 750. The van der Waals surface area contributed by atoms with Crippen molar-refractivity contribution in [1.29, 1.82) is 0 Å². The van der Waals surface area contributed by atoms with Crippen molar-refractivity contribution < 1.29 is 13.9 Å². The predicted octanol–water partition coefficient (Wildman–Crippen LogP) is 2.46. The van der Waals surface area contributed by atoms with E-state index in [9.17, 15) is 9.18 Å². The van der Waals surface area contributed by atoms with E-state index in [0.717, 1.165) is 23.5 Å². The molecule has 1 atom stereocenters. The van der Waals surface area contributed by atoms with Crippen LogP contribution in [0.5, 0.6) is 0 Å². The number of nitrogens with zero attached hydrogens (tertiary/aromatic N) is 2. The number of hydrogen-bond acceptors (Lipinski definition) is 5. The van der Waals surface area contributed by atoms with Gasteiger partial charge in [0.25, 0.3) is 0 Å². The summed E-state index contributed by atoms with van der Waals surface area (Å²) in [5.74, 6) is -0.260. The average molecular weight is 363 g/mol. The molecule has 0 bridgehead atoms. The van der Waals surface area contributed by atoms with Crippen molar-refractivity contribution in [2.75, 3.05) is 26.8 Å². The first kappa shape index (κ1) is 18.0. The van der Waals surface area contributed by atoms with Gasteiger partial charge in [-0.25, -0.2) is 9.37 Å². The van der Waals surface area contributed by atoms with Crippen LogP contribution in [0.2, 0.25) is 0 Å². The monoisotopic (exact) mass is 363 g/mol. The standard InChI is InChI=1S/C18H22FN3O2S/c1-12(11-24-2)20-17(23)10-22-8-7-15-16(9-22)25-18(21-15)13-5-3-4-6-14(13)19/h3-6,12H,7-11H2,1-2H3,(H,20,23)/t12-/m1/s1. The molecular weight excluding hydrogens is 341 g/mol. The normalized spacial score (nSPS) is 15.6. The zero-order valence-corrected chi connectivity index (χ0v) is 15.2. The molecule has 0 fully saturated rings. The number of rotatable bonds is 6. The first-order valence-electron chi connectivity index (χ1n) is 8.31. The largest absolute Gasteiger partial charge is 0.383 e. The zero-order chi connectivity index (χ0) is 17.8. The van der Waals surface area contributed by atoms with E-state index in [2.05, 4.69) is 15.2 Å². The molecule has 0 saturated heterocycles. The number of fused-ring (bicyclic) bond motifs is 1. The van der Waals surface area contributed by atoms with Crippen LogP contribution in [0.3, 0.4) is 0 Å². The highest BCUT2D eigenvalue weighted by atomic mass is 32.1. The molecule has 0 unspecified atom stereocenters.